The maximum Gasteiger partial charge on any atom is 0.239 e. The molecule has 3 heterocycles. The van der Waals surface area contributed by atoms with Gasteiger partial charge < -0.3 is 25.3 Å². The van der Waals surface area contributed by atoms with Crippen LogP contribution in [0.3, 0.4) is 0 Å². The lowest BCUT2D eigenvalue weighted by atomic mass is 9.88. The molecular weight excluding hydrogens is 519 g/mol. The van der Waals surface area contributed by atoms with Gasteiger partial charge in [0.25, 0.3) is 0 Å². The van der Waals surface area contributed by atoms with Crippen LogP contribution in [0.25, 0.3) is 11.3 Å². The van der Waals surface area contributed by atoms with Crippen molar-refractivity contribution >= 4 is 5.91 Å². The number of hydrogen-bond donors (Lipinski definition) is 2. The summed E-state index contributed by atoms with van der Waals surface area (Å²) in [4.78, 5) is 20.3. The molecule has 214 valence electrons. The van der Waals surface area contributed by atoms with Crippen molar-refractivity contribution in [3.05, 3.63) is 77.8 Å². The molecule has 40 heavy (non-hydrogen) atoms. The fourth-order valence-corrected chi connectivity index (χ4v) is 5.77. The van der Waals surface area contributed by atoms with Crippen LogP contribution in [0.15, 0.2) is 54.7 Å². The van der Waals surface area contributed by atoms with Gasteiger partial charge in [0.15, 0.2) is 0 Å². The molecule has 2 aromatic carbocycles. The third kappa shape index (κ3) is 6.24. The van der Waals surface area contributed by atoms with E-state index in [2.05, 4.69) is 5.32 Å². The molecule has 2 fully saturated rings. The van der Waals surface area contributed by atoms with E-state index in [1.807, 2.05) is 34.9 Å². The summed E-state index contributed by atoms with van der Waals surface area (Å²) >= 11 is 0. The molecule has 0 bridgehead atoms. The van der Waals surface area contributed by atoms with Gasteiger partial charge >= 0.3 is 0 Å². The molecule has 2 aliphatic heterocycles. The van der Waals surface area contributed by atoms with E-state index >= 15 is 0 Å². The highest BCUT2D eigenvalue weighted by Crippen LogP contribution is 2.38. The summed E-state index contributed by atoms with van der Waals surface area (Å²) in [5, 5.41) is 3.07. The van der Waals surface area contributed by atoms with E-state index in [0.29, 0.717) is 45.0 Å². The van der Waals surface area contributed by atoms with Crippen LogP contribution in [0.1, 0.15) is 37.2 Å². The van der Waals surface area contributed by atoms with Gasteiger partial charge in [-0.05, 0) is 49.4 Å². The standard InChI is InChI=1S/C30H36F3N5O2/c1-19(34)30(39)38(17-22-14-35-15-26(22)33)28(21-9-11-40-12-10-21)29-36-27(24-13-23(31)7-8-25(24)32)18-37(29)16-20-5-3-2-4-6-20/h2-8,13,18-19,21-22,26,28,35H,9-12,14-17,34H2,1H3/t19?,22-,26-,28?/m0/s1. The topological polar surface area (TPSA) is 85.4 Å². The van der Waals surface area contributed by atoms with Crippen LogP contribution < -0.4 is 11.1 Å². The quantitative estimate of drug-likeness (QED) is 0.416. The van der Waals surface area contributed by atoms with Crippen molar-refractivity contribution in [1.82, 2.24) is 19.8 Å². The normalized spacial score (nSPS) is 21.3. The van der Waals surface area contributed by atoms with Crippen molar-refractivity contribution in [3.8, 4) is 11.3 Å². The van der Waals surface area contributed by atoms with E-state index in [0.717, 1.165) is 23.8 Å². The van der Waals surface area contributed by atoms with Crippen LogP contribution in [0.5, 0.6) is 0 Å². The number of amides is 1. The Kier molecular flexibility index (Phi) is 8.87. The third-order valence-corrected chi connectivity index (χ3v) is 7.88. The Bertz CT molecular complexity index is 1300. The number of hydrogen-bond acceptors (Lipinski definition) is 5. The maximum atomic E-state index is 14.9. The minimum absolute atomic E-state index is 0.0349. The lowest BCUT2D eigenvalue weighted by molar-refractivity contribution is -0.138. The lowest BCUT2D eigenvalue weighted by Crippen LogP contribution is -2.50. The summed E-state index contributed by atoms with van der Waals surface area (Å²) in [6.45, 7) is 3.90. The molecule has 1 aromatic heterocycles. The first-order valence-corrected chi connectivity index (χ1v) is 13.9. The van der Waals surface area contributed by atoms with Crippen LogP contribution >= 0.6 is 0 Å². The molecule has 3 N–H and O–H groups in total. The highest BCUT2D eigenvalue weighted by molar-refractivity contribution is 5.81. The Morgan fingerprint density at radius 1 is 1.18 bits per heavy atom. The fourth-order valence-electron chi connectivity index (χ4n) is 5.77. The second-order valence-electron chi connectivity index (χ2n) is 10.8. The summed E-state index contributed by atoms with van der Waals surface area (Å²) in [5.74, 6) is -1.39. The molecule has 0 radical (unpaired) electrons. The Hall–Kier alpha value is -3.21. The first-order valence-electron chi connectivity index (χ1n) is 13.9. The number of benzene rings is 2. The summed E-state index contributed by atoms with van der Waals surface area (Å²) < 4.78 is 51.5. The number of halogens is 3. The predicted molar refractivity (Wildman–Crippen MR) is 146 cm³/mol. The van der Waals surface area contributed by atoms with Gasteiger partial charge in [0, 0.05) is 57.1 Å². The van der Waals surface area contributed by atoms with Gasteiger partial charge in [0.2, 0.25) is 5.91 Å². The average molecular weight is 556 g/mol. The molecule has 2 saturated heterocycles. The number of carbonyl (C=O) groups excluding carboxylic acids is 1. The number of aromatic nitrogens is 2. The molecule has 10 heteroatoms. The van der Waals surface area contributed by atoms with Gasteiger partial charge in [-0.15, -0.1) is 0 Å². The molecule has 3 aromatic rings. The molecule has 1 amide bonds. The summed E-state index contributed by atoms with van der Waals surface area (Å²) in [7, 11) is 0. The zero-order chi connectivity index (χ0) is 28.2. The summed E-state index contributed by atoms with van der Waals surface area (Å²) in [5.41, 5.74) is 7.42. The van der Waals surface area contributed by atoms with Crippen LogP contribution in [0, 0.1) is 23.5 Å². The molecule has 2 aliphatic rings. The number of nitrogens with one attached hydrogen (secondary N) is 1. The molecule has 5 rings (SSSR count). The molecular formula is C30H36F3N5O2. The first kappa shape index (κ1) is 28.3. The zero-order valence-corrected chi connectivity index (χ0v) is 22.6. The van der Waals surface area contributed by atoms with Crippen molar-refractivity contribution < 1.29 is 22.7 Å². The van der Waals surface area contributed by atoms with Crippen molar-refractivity contribution in [2.24, 2.45) is 17.6 Å². The second kappa shape index (κ2) is 12.5. The van der Waals surface area contributed by atoms with Crippen LogP contribution in [-0.2, 0) is 16.1 Å². The second-order valence-corrected chi connectivity index (χ2v) is 10.8. The number of carbonyl (C=O) groups is 1. The monoisotopic (exact) mass is 555 g/mol. The highest BCUT2D eigenvalue weighted by Gasteiger charge is 2.40. The molecule has 4 atom stereocenters. The van der Waals surface area contributed by atoms with E-state index in [-0.39, 0.29) is 36.2 Å². The summed E-state index contributed by atoms with van der Waals surface area (Å²) in [6, 6.07) is 11.6. The Balaban J connectivity index is 1.65. The van der Waals surface area contributed by atoms with E-state index in [9.17, 15) is 18.0 Å². The third-order valence-electron chi connectivity index (χ3n) is 7.88. The van der Waals surface area contributed by atoms with Gasteiger partial charge in [-0.1, -0.05) is 30.3 Å². The van der Waals surface area contributed by atoms with Gasteiger partial charge in [-0.2, -0.15) is 0 Å². The van der Waals surface area contributed by atoms with Gasteiger partial charge in [0.1, 0.15) is 23.6 Å². The zero-order valence-electron chi connectivity index (χ0n) is 22.6. The van der Waals surface area contributed by atoms with E-state index in [1.54, 1.807) is 18.0 Å². The Morgan fingerprint density at radius 3 is 2.60 bits per heavy atom. The van der Waals surface area contributed by atoms with E-state index < -0.39 is 35.8 Å². The number of nitrogens with zero attached hydrogens (tertiary/aromatic N) is 3. The molecule has 0 spiro atoms. The Morgan fingerprint density at radius 2 is 1.93 bits per heavy atom. The number of alkyl halides is 1. The van der Waals surface area contributed by atoms with E-state index in [4.69, 9.17) is 15.5 Å². The van der Waals surface area contributed by atoms with Crippen molar-refractivity contribution in [2.45, 2.75) is 44.6 Å². The Labute approximate surface area is 232 Å². The average Bonchev–Trinajstić information content (AvgIpc) is 3.56. The van der Waals surface area contributed by atoms with Crippen LogP contribution in [0.4, 0.5) is 13.2 Å². The van der Waals surface area contributed by atoms with Gasteiger partial charge in [0.05, 0.1) is 17.8 Å². The number of imidazole rings is 1. The predicted octanol–water partition coefficient (Wildman–Crippen LogP) is 4.08. The van der Waals surface area contributed by atoms with E-state index in [1.165, 1.54) is 0 Å². The number of ether oxygens (including phenoxy) is 1. The highest BCUT2D eigenvalue weighted by atomic mass is 19.1. The maximum absolute atomic E-state index is 14.9. The fraction of sp³-hybridized carbons (Fsp3) is 0.467. The minimum atomic E-state index is -1.10. The number of nitrogens with two attached hydrogens (primary N) is 1. The van der Waals surface area contributed by atoms with Crippen molar-refractivity contribution in [1.29, 1.82) is 0 Å². The van der Waals surface area contributed by atoms with Gasteiger partial charge in [-0.25, -0.2) is 18.2 Å². The lowest BCUT2D eigenvalue weighted by Gasteiger charge is -2.40. The summed E-state index contributed by atoms with van der Waals surface area (Å²) in [6.07, 6.45) is 1.93. The molecule has 7 nitrogen and oxygen atoms in total. The number of rotatable bonds is 9. The SMILES string of the molecule is CC(N)C(=O)N(C[C@@H]1CNC[C@@H]1F)C(c1nc(-c2cc(F)ccc2F)cn1Cc1ccccc1)C1CCOCC1. The first-order chi connectivity index (χ1) is 19.3. The van der Waals surface area contributed by atoms with Crippen molar-refractivity contribution in [3.63, 3.8) is 0 Å². The molecule has 0 aliphatic carbocycles. The van der Waals surface area contributed by atoms with Crippen molar-refractivity contribution in [2.75, 3.05) is 32.8 Å². The smallest absolute Gasteiger partial charge is 0.239 e. The van der Waals surface area contributed by atoms with Crippen LogP contribution in [-0.4, -0.2) is 65.4 Å². The molecule has 0 saturated carbocycles. The van der Waals surface area contributed by atoms with Gasteiger partial charge in [-0.3, -0.25) is 4.79 Å². The largest absolute Gasteiger partial charge is 0.381 e. The molecule has 2 unspecified atom stereocenters. The van der Waals surface area contributed by atoms with Crippen LogP contribution in [0.2, 0.25) is 0 Å². The minimum Gasteiger partial charge on any atom is -0.381 e.